The Labute approximate surface area is 200 Å². The van der Waals surface area contributed by atoms with Gasteiger partial charge in [0.25, 0.3) is 0 Å². The zero-order valence-electron chi connectivity index (χ0n) is 21.3. The highest BCUT2D eigenvalue weighted by Gasteiger charge is 2.59. The number of hydrogen-bond donors (Lipinski definition) is 2. The van der Waals surface area contributed by atoms with Crippen LogP contribution in [0, 0.1) is 40.9 Å². The van der Waals surface area contributed by atoms with Gasteiger partial charge in [-0.3, -0.25) is 0 Å². The normalized spacial score (nSPS) is 50.9. The van der Waals surface area contributed by atoms with Crippen molar-refractivity contribution in [3.05, 3.63) is 34.7 Å². The summed E-state index contributed by atoms with van der Waals surface area (Å²) in [5, 5.41) is 3.88. The van der Waals surface area contributed by atoms with Crippen LogP contribution < -0.4 is 5.32 Å². The van der Waals surface area contributed by atoms with Crippen molar-refractivity contribution in [2.24, 2.45) is 40.9 Å². The van der Waals surface area contributed by atoms with Crippen molar-refractivity contribution < 1.29 is 4.74 Å². The molecule has 1 aromatic rings. The number of piperidine rings is 1. The van der Waals surface area contributed by atoms with Crippen LogP contribution in [0.1, 0.15) is 83.8 Å². The fourth-order valence-electron chi connectivity index (χ4n) is 10.2. The van der Waals surface area contributed by atoms with Gasteiger partial charge in [-0.1, -0.05) is 31.9 Å². The van der Waals surface area contributed by atoms with Crippen LogP contribution in [0.4, 0.5) is 0 Å². The summed E-state index contributed by atoms with van der Waals surface area (Å²) in [5.74, 6) is 4.86. The third-order valence-corrected chi connectivity index (χ3v) is 12.0. The summed E-state index contributed by atoms with van der Waals surface area (Å²) in [6, 6.07) is 0.567. The number of allylic oxidation sites excluding steroid dienone is 1. The number of aromatic amines is 1. The third-order valence-electron chi connectivity index (χ3n) is 12.0. The molecule has 2 N–H and O–H groups in total. The summed E-state index contributed by atoms with van der Waals surface area (Å²) < 4.78 is 7.06. The van der Waals surface area contributed by atoms with E-state index in [4.69, 9.17) is 4.74 Å². The van der Waals surface area contributed by atoms with Crippen LogP contribution in [-0.2, 0) is 17.6 Å². The quantitative estimate of drug-likeness (QED) is 0.474. The molecule has 4 aliphatic carbocycles. The number of hydrogen-bond acceptors (Lipinski definition) is 2. The van der Waals surface area contributed by atoms with Gasteiger partial charge in [0.1, 0.15) is 0 Å². The first kappa shape index (κ1) is 21.2. The van der Waals surface area contributed by atoms with Crippen molar-refractivity contribution >= 4 is 0 Å². The van der Waals surface area contributed by atoms with Gasteiger partial charge in [0.15, 0.2) is 0 Å². The van der Waals surface area contributed by atoms with Gasteiger partial charge in [-0.05, 0) is 117 Å². The molecule has 0 unspecified atom stereocenters. The number of nitrogens with one attached hydrogen (secondary N) is 2. The average molecular weight is 449 g/mol. The van der Waals surface area contributed by atoms with Crippen LogP contribution in [0.3, 0.4) is 0 Å². The van der Waals surface area contributed by atoms with Gasteiger partial charge in [0.2, 0.25) is 0 Å². The first-order valence-corrected chi connectivity index (χ1v) is 14.1. The highest BCUT2D eigenvalue weighted by molar-refractivity contribution is 5.34. The molecule has 4 fully saturated rings. The molecule has 3 nitrogen and oxygen atoms in total. The fraction of sp³-hybridized carbons (Fsp3) is 0.800. The zero-order valence-corrected chi connectivity index (χ0v) is 21.3. The Morgan fingerprint density at radius 2 is 1.88 bits per heavy atom. The predicted octanol–water partition coefficient (Wildman–Crippen LogP) is 6.05. The summed E-state index contributed by atoms with van der Waals surface area (Å²) in [4.78, 5) is 3.42. The molecule has 0 amide bonds. The van der Waals surface area contributed by atoms with Crippen molar-refractivity contribution in [3.63, 3.8) is 0 Å². The Balaban J connectivity index is 1.19. The Hall–Kier alpha value is -1.06. The molecule has 1 spiro atoms. The van der Waals surface area contributed by atoms with E-state index >= 15 is 0 Å². The topological polar surface area (TPSA) is 37.0 Å². The largest absolute Gasteiger partial charge is 0.369 e. The van der Waals surface area contributed by atoms with Crippen LogP contribution in [0.25, 0.3) is 0 Å². The molecule has 0 radical (unpaired) electrons. The summed E-state index contributed by atoms with van der Waals surface area (Å²) in [6.45, 7) is 11.2. The first-order valence-electron chi connectivity index (χ1n) is 14.1. The maximum atomic E-state index is 7.06. The Kier molecular flexibility index (Phi) is 4.65. The number of aromatic nitrogens is 1. The second-order valence-corrected chi connectivity index (χ2v) is 13.6. The van der Waals surface area contributed by atoms with Crippen molar-refractivity contribution in [2.45, 2.75) is 103 Å². The molecular formula is C30H44N2O. The summed E-state index contributed by atoms with van der Waals surface area (Å²) >= 11 is 0. The van der Waals surface area contributed by atoms with Crippen LogP contribution in [0.5, 0.6) is 0 Å². The standard InChI is InChI=1S/C30H44N2O/c1-17-9-27-28(32-14-17)19(3)30(33-27)8-7-23-24-6-5-22-10-20-15-31-16-21(20)13-29(22,4)26(24)11-25(23)18(2)12-30/h15-17,19,22-24,26-28,31-32H,5-14H2,1-4H3/t17-,19+,22+,23-,24-,26-,27+,28-,29-,30-/m0/s1. The van der Waals surface area contributed by atoms with Gasteiger partial charge >= 0.3 is 0 Å². The molecule has 6 aliphatic rings. The van der Waals surface area contributed by atoms with Crippen LogP contribution in [-0.4, -0.2) is 29.3 Å². The number of rotatable bonds is 0. The predicted molar refractivity (Wildman–Crippen MR) is 133 cm³/mol. The SMILES string of the molecule is CC1=C2C[C@H]3[C@@H](CC[C@@H]4Cc5c[nH]cc5C[C@@]43C)[C@@H]2CC[C@@]2(C1)O[C@@H]1C[C@H](C)CN[C@H]1[C@H]2C. The van der Waals surface area contributed by atoms with E-state index < -0.39 is 0 Å². The Morgan fingerprint density at radius 3 is 2.76 bits per heavy atom. The zero-order chi connectivity index (χ0) is 22.5. The summed E-state index contributed by atoms with van der Waals surface area (Å²) in [5.41, 5.74) is 7.37. The molecule has 180 valence electrons. The lowest BCUT2D eigenvalue weighted by Crippen LogP contribution is -2.48. The molecule has 2 aliphatic heterocycles. The van der Waals surface area contributed by atoms with E-state index in [9.17, 15) is 0 Å². The lowest BCUT2D eigenvalue weighted by Gasteiger charge is -2.52. The van der Waals surface area contributed by atoms with Crippen molar-refractivity contribution in [1.82, 2.24) is 10.3 Å². The fourth-order valence-corrected chi connectivity index (χ4v) is 10.2. The van der Waals surface area contributed by atoms with Gasteiger partial charge in [-0.25, -0.2) is 0 Å². The van der Waals surface area contributed by atoms with Gasteiger partial charge in [0.05, 0.1) is 11.7 Å². The van der Waals surface area contributed by atoms with Crippen LogP contribution in [0.15, 0.2) is 23.5 Å². The van der Waals surface area contributed by atoms with E-state index in [1.54, 1.807) is 16.7 Å². The van der Waals surface area contributed by atoms with E-state index in [1.807, 2.05) is 5.57 Å². The van der Waals surface area contributed by atoms with Gasteiger partial charge in [0, 0.05) is 24.4 Å². The molecule has 0 aromatic carbocycles. The Morgan fingerprint density at radius 1 is 1.03 bits per heavy atom. The van der Waals surface area contributed by atoms with E-state index in [1.165, 1.54) is 64.3 Å². The summed E-state index contributed by atoms with van der Waals surface area (Å²) in [7, 11) is 0. The van der Waals surface area contributed by atoms with Gasteiger partial charge in [-0.2, -0.15) is 0 Å². The van der Waals surface area contributed by atoms with E-state index in [2.05, 4.69) is 50.4 Å². The maximum absolute atomic E-state index is 7.06. The second kappa shape index (κ2) is 7.23. The number of ether oxygens (including phenoxy) is 1. The molecule has 33 heavy (non-hydrogen) atoms. The molecule has 10 atom stereocenters. The van der Waals surface area contributed by atoms with Gasteiger partial charge in [-0.15, -0.1) is 0 Å². The minimum absolute atomic E-state index is 0.0787. The average Bonchev–Trinajstić information content (AvgIpc) is 3.43. The van der Waals surface area contributed by atoms with E-state index in [0.29, 0.717) is 23.5 Å². The Bertz CT molecular complexity index is 978. The second-order valence-electron chi connectivity index (χ2n) is 13.6. The maximum Gasteiger partial charge on any atom is 0.0765 e. The molecule has 3 heteroatoms. The highest BCUT2D eigenvalue weighted by atomic mass is 16.5. The third kappa shape index (κ3) is 2.94. The molecule has 3 heterocycles. The van der Waals surface area contributed by atoms with Crippen molar-refractivity contribution in [2.75, 3.05) is 6.54 Å². The van der Waals surface area contributed by atoms with Crippen LogP contribution >= 0.6 is 0 Å². The molecule has 2 saturated carbocycles. The van der Waals surface area contributed by atoms with E-state index in [-0.39, 0.29) is 5.60 Å². The number of H-pyrrole nitrogens is 1. The lowest BCUT2D eigenvalue weighted by molar-refractivity contribution is -0.0733. The molecular weight excluding hydrogens is 404 g/mol. The van der Waals surface area contributed by atoms with Crippen LogP contribution in [0.2, 0.25) is 0 Å². The minimum atomic E-state index is 0.0787. The van der Waals surface area contributed by atoms with Gasteiger partial charge < -0.3 is 15.0 Å². The van der Waals surface area contributed by atoms with E-state index in [0.717, 1.165) is 29.6 Å². The first-order chi connectivity index (χ1) is 15.9. The molecule has 0 bridgehead atoms. The van der Waals surface area contributed by atoms with Crippen molar-refractivity contribution in [1.29, 1.82) is 0 Å². The monoisotopic (exact) mass is 448 g/mol. The molecule has 1 aromatic heterocycles. The highest BCUT2D eigenvalue weighted by Crippen LogP contribution is 2.64. The summed E-state index contributed by atoms with van der Waals surface area (Å²) in [6.07, 6.45) is 17.0. The van der Waals surface area contributed by atoms with Crippen molar-refractivity contribution in [3.8, 4) is 0 Å². The lowest BCUT2D eigenvalue weighted by atomic mass is 9.52. The molecule has 7 rings (SSSR count). The smallest absolute Gasteiger partial charge is 0.0765 e. The molecule has 2 saturated heterocycles. The minimum Gasteiger partial charge on any atom is -0.369 e. The number of fused-ring (bicyclic) bond motifs is 7.